The fourth-order valence-corrected chi connectivity index (χ4v) is 6.16. The molecule has 2 fully saturated rings. The summed E-state index contributed by atoms with van der Waals surface area (Å²) in [5.41, 5.74) is 8.59. The topological polar surface area (TPSA) is 6.48 Å². The van der Waals surface area contributed by atoms with Crippen LogP contribution in [0.1, 0.15) is 61.2 Å². The lowest BCUT2D eigenvalue weighted by Crippen LogP contribution is -2.59. The van der Waals surface area contributed by atoms with Gasteiger partial charge in [0.25, 0.3) is 0 Å². The summed E-state index contributed by atoms with van der Waals surface area (Å²) in [5.74, 6) is 0. The smallest absolute Gasteiger partial charge is 0.0440 e. The normalized spacial score (nSPS) is 23.9. The molecule has 0 radical (unpaired) electrons. The second-order valence-electron chi connectivity index (χ2n) is 8.20. The Hall–Kier alpha value is -0.0800. The SMILES string of the molecule is C=C(C)c1ccc([C@@H](C)I)c(C(=C(C)C)N2CCC3(CCN3C)C2)c1I. The molecule has 0 aliphatic carbocycles. The molecule has 2 heterocycles. The van der Waals surface area contributed by atoms with Crippen LogP contribution in [-0.2, 0) is 0 Å². The molecule has 2 aliphatic rings. The molecule has 1 aromatic rings. The van der Waals surface area contributed by atoms with Crippen LogP contribution < -0.4 is 0 Å². The Morgan fingerprint density at radius 3 is 2.27 bits per heavy atom. The van der Waals surface area contributed by atoms with Gasteiger partial charge in [0.1, 0.15) is 0 Å². The maximum atomic E-state index is 4.22. The number of hydrogen-bond acceptors (Lipinski definition) is 2. The summed E-state index contributed by atoms with van der Waals surface area (Å²) in [4.78, 5) is 5.22. The Balaban J connectivity index is 2.11. The molecule has 0 bridgehead atoms. The first-order chi connectivity index (χ1) is 12.2. The third-order valence-corrected chi connectivity index (χ3v) is 7.94. The van der Waals surface area contributed by atoms with E-state index in [-0.39, 0.29) is 0 Å². The van der Waals surface area contributed by atoms with Gasteiger partial charge >= 0.3 is 0 Å². The lowest BCUT2D eigenvalue weighted by Gasteiger charge is -2.48. The molecule has 2 nitrogen and oxygen atoms in total. The Morgan fingerprint density at radius 2 is 1.85 bits per heavy atom. The Kier molecular flexibility index (Phi) is 6.15. The highest BCUT2D eigenvalue weighted by Crippen LogP contribution is 2.44. The van der Waals surface area contributed by atoms with E-state index in [0.717, 1.165) is 18.7 Å². The van der Waals surface area contributed by atoms with Crippen LogP contribution in [0.2, 0.25) is 0 Å². The number of allylic oxidation sites excluding steroid dienone is 2. The summed E-state index contributed by atoms with van der Waals surface area (Å²) in [6.07, 6.45) is 2.63. The molecule has 2 atom stereocenters. The van der Waals surface area contributed by atoms with Gasteiger partial charge < -0.3 is 4.90 Å². The van der Waals surface area contributed by atoms with Crippen molar-refractivity contribution in [3.05, 3.63) is 44.5 Å². The van der Waals surface area contributed by atoms with E-state index in [4.69, 9.17) is 0 Å². The monoisotopic (exact) mass is 576 g/mol. The maximum absolute atomic E-state index is 4.22. The number of hydrogen-bond donors (Lipinski definition) is 0. The van der Waals surface area contributed by atoms with E-state index in [2.05, 4.69) is 108 Å². The van der Waals surface area contributed by atoms with Crippen molar-refractivity contribution in [2.24, 2.45) is 0 Å². The third-order valence-electron chi connectivity index (χ3n) is 6.14. The van der Waals surface area contributed by atoms with E-state index in [0.29, 0.717) is 9.46 Å². The Morgan fingerprint density at radius 1 is 1.19 bits per heavy atom. The van der Waals surface area contributed by atoms with Gasteiger partial charge in [-0.05, 0) is 86.9 Å². The van der Waals surface area contributed by atoms with Crippen LogP contribution in [-0.4, -0.2) is 42.0 Å². The Bertz CT molecular complexity index is 762. The minimum atomic E-state index is 0.411. The highest BCUT2D eigenvalue weighted by atomic mass is 127. The second-order valence-corrected chi connectivity index (χ2v) is 11.2. The molecular formula is C22H30I2N2. The Labute approximate surface area is 186 Å². The molecule has 0 aromatic heterocycles. The minimum absolute atomic E-state index is 0.411. The van der Waals surface area contributed by atoms with Crippen LogP contribution in [0.3, 0.4) is 0 Å². The number of nitrogens with zero attached hydrogens (tertiary/aromatic N) is 2. The molecule has 1 unspecified atom stereocenters. The number of likely N-dealkylation sites (tertiary alicyclic amines) is 2. The summed E-state index contributed by atoms with van der Waals surface area (Å²) >= 11 is 5.10. The number of alkyl halides is 1. The predicted molar refractivity (Wildman–Crippen MR) is 131 cm³/mol. The van der Waals surface area contributed by atoms with Gasteiger partial charge in [-0.25, -0.2) is 0 Å². The molecule has 2 aliphatic heterocycles. The van der Waals surface area contributed by atoms with Crippen LogP contribution in [0.15, 0.2) is 24.3 Å². The van der Waals surface area contributed by atoms with Crippen molar-refractivity contribution in [3.8, 4) is 0 Å². The highest BCUT2D eigenvalue weighted by molar-refractivity contribution is 14.1. The molecule has 0 saturated carbocycles. The van der Waals surface area contributed by atoms with Gasteiger partial charge in [-0.15, -0.1) is 0 Å². The summed E-state index contributed by atoms with van der Waals surface area (Å²) < 4.78 is 1.84. The van der Waals surface area contributed by atoms with Crippen molar-refractivity contribution in [3.63, 3.8) is 0 Å². The zero-order chi connectivity index (χ0) is 19.2. The van der Waals surface area contributed by atoms with Crippen molar-refractivity contribution in [1.29, 1.82) is 0 Å². The number of likely N-dealkylation sites (N-methyl/N-ethyl adjacent to an activating group) is 1. The average Bonchev–Trinajstić information content (AvgIpc) is 3.01. The molecule has 1 spiro atoms. The largest absolute Gasteiger partial charge is 0.369 e. The van der Waals surface area contributed by atoms with Gasteiger partial charge in [-0.1, -0.05) is 46.9 Å². The molecule has 0 N–H and O–H groups in total. The van der Waals surface area contributed by atoms with Crippen LogP contribution in [0.25, 0.3) is 11.3 Å². The lowest BCUT2D eigenvalue weighted by atomic mass is 9.84. The minimum Gasteiger partial charge on any atom is -0.369 e. The van der Waals surface area contributed by atoms with E-state index >= 15 is 0 Å². The summed E-state index contributed by atoms with van der Waals surface area (Å²) in [5, 5.41) is 0. The predicted octanol–water partition coefficient (Wildman–Crippen LogP) is 6.35. The summed E-state index contributed by atoms with van der Waals surface area (Å²) in [6.45, 7) is 16.7. The molecule has 2 saturated heterocycles. The van der Waals surface area contributed by atoms with Gasteiger partial charge in [0, 0.05) is 43.9 Å². The molecule has 1 aromatic carbocycles. The van der Waals surface area contributed by atoms with Crippen molar-refractivity contribution >= 4 is 56.5 Å². The zero-order valence-corrected chi connectivity index (χ0v) is 20.9. The van der Waals surface area contributed by atoms with Crippen LogP contribution in [0.4, 0.5) is 0 Å². The van der Waals surface area contributed by atoms with Crippen LogP contribution in [0, 0.1) is 3.57 Å². The van der Waals surface area contributed by atoms with Gasteiger partial charge in [0.2, 0.25) is 0 Å². The van der Waals surface area contributed by atoms with E-state index in [9.17, 15) is 0 Å². The van der Waals surface area contributed by atoms with E-state index in [1.54, 1.807) is 0 Å². The highest BCUT2D eigenvalue weighted by Gasteiger charge is 2.48. The van der Waals surface area contributed by atoms with Crippen molar-refractivity contribution < 1.29 is 0 Å². The average molecular weight is 576 g/mol. The summed E-state index contributed by atoms with van der Waals surface area (Å²) in [6, 6.07) is 4.58. The standard InChI is InChI=1S/C22H30I2N2/c1-14(2)17-7-8-18(16(5)23)19(20(17)24)21(15(3)4)26-12-10-22(13-26)9-11-25(22)6/h7-8,16H,1,9-13H2,2-6H3/t16-,22?/m1/s1. The molecular weight excluding hydrogens is 546 g/mol. The van der Waals surface area contributed by atoms with Crippen molar-refractivity contribution in [1.82, 2.24) is 9.80 Å². The lowest BCUT2D eigenvalue weighted by molar-refractivity contribution is 0.0234. The first kappa shape index (κ1) is 20.6. The van der Waals surface area contributed by atoms with Gasteiger partial charge in [-0.3, -0.25) is 4.90 Å². The second kappa shape index (κ2) is 7.74. The maximum Gasteiger partial charge on any atom is 0.0440 e. The zero-order valence-electron chi connectivity index (χ0n) is 16.6. The molecule has 4 heteroatoms. The van der Waals surface area contributed by atoms with E-state index < -0.39 is 0 Å². The number of rotatable bonds is 4. The van der Waals surface area contributed by atoms with Gasteiger partial charge in [0.05, 0.1) is 0 Å². The third kappa shape index (κ3) is 3.50. The van der Waals surface area contributed by atoms with Crippen LogP contribution >= 0.6 is 45.2 Å². The number of benzene rings is 1. The molecule has 142 valence electrons. The first-order valence-corrected chi connectivity index (χ1v) is 11.8. The number of halogens is 2. The van der Waals surface area contributed by atoms with Gasteiger partial charge in [0.15, 0.2) is 0 Å². The van der Waals surface area contributed by atoms with Crippen molar-refractivity contribution in [2.45, 2.75) is 50.0 Å². The first-order valence-electron chi connectivity index (χ1n) is 9.44. The fraction of sp³-hybridized carbons (Fsp3) is 0.545. The van der Waals surface area contributed by atoms with E-state index in [1.165, 1.54) is 50.9 Å². The molecule has 3 rings (SSSR count). The van der Waals surface area contributed by atoms with Gasteiger partial charge in [-0.2, -0.15) is 0 Å². The quantitative estimate of drug-likeness (QED) is 0.305. The summed E-state index contributed by atoms with van der Waals surface area (Å²) in [7, 11) is 2.29. The molecule has 26 heavy (non-hydrogen) atoms. The van der Waals surface area contributed by atoms with Crippen molar-refractivity contribution in [2.75, 3.05) is 26.7 Å². The van der Waals surface area contributed by atoms with Crippen LogP contribution in [0.5, 0.6) is 0 Å². The molecule has 0 amide bonds. The fourth-order valence-electron chi connectivity index (χ4n) is 4.43. The van der Waals surface area contributed by atoms with E-state index in [1.807, 2.05) is 0 Å².